The number of hydrogen-bond donors (Lipinski definition) is 1. The number of nitrogens with one attached hydrogen (secondary N) is 1. The van der Waals surface area contributed by atoms with Crippen LogP contribution in [-0.4, -0.2) is 24.5 Å². The predicted molar refractivity (Wildman–Crippen MR) is 106 cm³/mol. The Morgan fingerprint density at radius 2 is 1.76 bits per heavy atom. The third-order valence-corrected chi connectivity index (χ3v) is 4.06. The first-order chi connectivity index (χ1) is 14.0. The Kier molecular flexibility index (Phi) is 6.03. The molecule has 0 bridgehead atoms. The number of anilines is 1. The summed E-state index contributed by atoms with van der Waals surface area (Å²) in [5.74, 6) is 0.0975. The molecule has 0 aromatic heterocycles. The monoisotopic (exact) mass is 396 g/mol. The van der Waals surface area contributed by atoms with Crippen molar-refractivity contribution in [2.75, 3.05) is 19.0 Å². The van der Waals surface area contributed by atoms with E-state index in [0.717, 1.165) is 0 Å². The molecule has 0 saturated heterocycles. The summed E-state index contributed by atoms with van der Waals surface area (Å²) in [4.78, 5) is 22.8. The van der Waals surface area contributed by atoms with Gasteiger partial charge in [-0.2, -0.15) is 0 Å². The summed E-state index contributed by atoms with van der Waals surface area (Å²) >= 11 is 0. The number of amides is 1. The summed E-state index contributed by atoms with van der Waals surface area (Å²) < 4.78 is 23.7. The van der Waals surface area contributed by atoms with E-state index in [1.807, 2.05) is 0 Å². The van der Waals surface area contributed by atoms with Crippen LogP contribution in [0.3, 0.4) is 0 Å². The number of nitro groups is 1. The Bertz CT molecular complexity index is 1020. The van der Waals surface area contributed by atoms with Gasteiger partial charge in [0.25, 0.3) is 11.6 Å². The van der Waals surface area contributed by atoms with Gasteiger partial charge in [0, 0.05) is 23.4 Å². The van der Waals surface area contributed by atoms with Gasteiger partial charge >= 0.3 is 0 Å². The van der Waals surface area contributed by atoms with Crippen LogP contribution >= 0.6 is 0 Å². The number of hydrogen-bond acceptors (Lipinski definition) is 5. The van der Waals surface area contributed by atoms with Crippen LogP contribution in [0.5, 0.6) is 11.5 Å². The van der Waals surface area contributed by atoms with E-state index >= 15 is 0 Å². The molecule has 0 aliphatic heterocycles. The maximum atomic E-state index is 12.9. The fourth-order valence-electron chi connectivity index (χ4n) is 2.63. The molecule has 1 amide bonds. The van der Waals surface area contributed by atoms with Crippen LogP contribution in [0.4, 0.5) is 15.8 Å². The molecular weight excluding hydrogens is 379 g/mol. The summed E-state index contributed by atoms with van der Waals surface area (Å²) in [6, 6.07) is 16.4. The molecule has 0 spiro atoms. The van der Waals surface area contributed by atoms with Gasteiger partial charge in [-0.05, 0) is 48.0 Å². The molecule has 0 unspecified atom stereocenters. The highest BCUT2D eigenvalue weighted by atomic mass is 19.1. The fourth-order valence-corrected chi connectivity index (χ4v) is 2.63. The van der Waals surface area contributed by atoms with Crippen LogP contribution in [0.25, 0.3) is 11.1 Å². The van der Waals surface area contributed by atoms with Crippen molar-refractivity contribution in [2.45, 2.75) is 0 Å². The van der Waals surface area contributed by atoms with Gasteiger partial charge in [0.1, 0.15) is 17.3 Å². The third-order valence-electron chi connectivity index (χ3n) is 4.06. The van der Waals surface area contributed by atoms with E-state index in [4.69, 9.17) is 9.47 Å². The Morgan fingerprint density at radius 1 is 1.07 bits per heavy atom. The molecule has 0 aliphatic carbocycles. The van der Waals surface area contributed by atoms with Gasteiger partial charge in [-0.3, -0.25) is 14.9 Å². The van der Waals surface area contributed by atoms with Gasteiger partial charge in [-0.15, -0.1) is 0 Å². The normalized spacial score (nSPS) is 10.3. The number of benzene rings is 3. The Labute approximate surface area is 165 Å². The zero-order valence-corrected chi connectivity index (χ0v) is 15.4. The Morgan fingerprint density at radius 3 is 2.38 bits per heavy atom. The molecule has 0 aliphatic rings. The fraction of sp³-hybridized carbons (Fsp3) is 0.0952. The van der Waals surface area contributed by atoms with Crippen molar-refractivity contribution in [1.82, 2.24) is 0 Å². The summed E-state index contributed by atoms with van der Waals surface area (Å²) in [7, 11) is 1.54. The summed E-state index contributed by atoms with van der Waals surface area (Å²) in [5, 5.41) is 13.7. The van der Waals surface area contributed by atoms with Gasteiger partial charge in [-0.1, -0.05) is 12.1 Å². The number of halogens is 1. The number of carbonyl (C=O) groups is 1. The number of methoxy groups -OCH3 is 1. The number of non-ortho nitro benzene ring substituents is 1. The molecule has 148 valence electrons. The number of carbonyl (C=O) groups excluding carboxylic acids is 1. The van der Waals surface area contributed by atoms with Crippen molar-refractivity contribution < 1.29 is 23.6 Å². The second-order valence-corrected chi connectivity index (χ2v) is 6.01. The lowest BCUT2D eigenvalue weighted by molar-refractivity contribution is -0.384. The number of nitrogens with zero attached hydrogens (tertiary/aromatic N) is 1. The maximum Gasteiger partial charge on any atom is 0.270 e. The minimum atomic E-state index is -0.502. The highest BCUT2D eigenvalue weighted by molar-refractivity contribution is 5.92. The first-order valence-electron chi connectivity index (χ1n) is 8.57. The lowest BCUT2D eigenvalue weighted by Crippen LogP contribution is -2.20. The highest BCUT2D eigenvalue weighted by Crippen LogP contribution is 2.34. The Hall–Kier alpha value is -3.94. The maximum absolute atomic E-state index is 12.9. The van der Waals surface area contributed by atoms with Gasteiger partial charge < -0.3 is 14.8 Å². The zero-order chi connectivity index (χ0) is 20.8. The van der Waals surface area contributed by atoms with E-state index in [9.17, 15) is 19.3 Å². The van der Waals surface area contributed by atoms with E-state index in [1.165, 1.54) is 49.6 Å². The van der Waals surface area contributed by atoms with Crippen LogP contribution in [0.1, 0.15) is 0 Å². The minimum Gasteiger partial charge on any atom is -0.497 e. The number of rotatable bonds is 7. The number of nitro benzene ring substituents is 1. The van der Waals surface area contributed by atoms with Crippen molar-refractivity contribution in [3.63, 3.8) is 0 Å². The molecule has 0 saturated carbocycles. The molecule has 29 heavy (non-hydrogen) atoms. The molecule has 0 atom stereocenters. The highest BCUT2D eigenvalue weighted by Gasteiger charge is 2.15. The molecule has 0 fully saturated rings. The third kappa shape index (κ3) is 5.07. The van der Waals surface area contributed by atoms with Crippen LogP contribution in [-0.2, 0) is 4.79 Å². The average molecular weight is 396 g/mol. The quantitative estimate of drug-likeness (QED) is 0.471. The van der Waals surface area contributed by atoms with E-state index < -0.39 is 16.6 Å². The van der Waals surface area contributed by atoms with E-state index in [0.29, 0.717) is 28.3 Å². The second-order valence-electron chi connectivity index (χ2n) is 6.01. The molecule has 0 heterocycles. The molecule has 0 radical (unpaired) electrons. The predicted octanol–water partition coefficient (Wildman–Crippen LogP) is 4.43. The average Bonchev–Trinajstić information content (AvgIpc) is 2.74. The van der Waals surface area contributed by atoms with Gasteiger partial charge in [0.15, 0.2) is 6.61 Å². The molecule has 7 nitrogen and oxygen atoms in total. The standard InChI is InChI=1S/C21H17FN2O5/c1-28-18-9-2-14(3-10-18)19-12-17(24(26)27)8-11-20(19)29-13-21(25)23-16-6-4-15(22)5-7-16/h2-12H,13H2,1H3,(H,23,25). The summed E-state index contributed by atoms with van der Waals surface area (Å²) in [5.41, 5.74) is 1.47. The minimum absolute atomic E-state index is 0.0982. The lowest BCUT2D eigenvalue weighted by Gasteiger charge is -2.12. The second kappa shape index (κ2) is 8.83. The van der Waals surface area contributed by atoms with Crippen LogP contribution < -0.4 is 14.8 Å². The van der Waals surface area contributed by atoms with Gasteiger partial charge in [0.2, 0.25) is 0 Å². The first kappa shape index (κ1) is 19.8. The number of ether oxygens (including phenoxy) is 2. The molecule has 1 N–H and O–H groups in total. The van der Waals surface area contributed by atoms with Gasteiger partial charge in [0.05, 0.1) is 12.0 Å². The first-order valence-corrected chi connectivity index (χ1v) is 8.57. The largest absolute Gasteiger partial charge is 0.497 e. The molecular formula is C21H17FN2O5. The summed E-state index contributed by atoms with van der Waals surface area (Å²) in [6.07, 6.45) is 0. The van der Waals surface area contributed by atoms with Crippen molar-refractivity contribution in [3.05, 3.63) is 82.7 Å². The van der Waals surface area contributed by atoms with Crippen LogP contribution in [0.15, 0.2) is 66.7 Å². The summed E-state index contributed by atoms with van der Waals surface area (Å²) in [6.45, 7) is -0.321. The zero-order valence-electron chi connectivity index (χ0n) is 15.4. The van der Waals surface area contributed by atoms with Crippen molar-refractivity contribution >= 4 is 17.3 Å². The van der Waals surface area contributed by atoms with Crippen molar-refractivity contribution in [2.24, 2.45) is 0 Å². The van der Waals surface area contributed by atoms with Crippen LogP contribution in [0, 0.1) is 15.9 Å². The molecule has 3 aromatic carbocycles. The van der Waals surface area contributed by atoms with Gasteiger partial charge in [-0.25, -0.2) is 4.39 Å². The van der Waals surface area contributed by atoms with E-state index in [1.54, 1.807) is 24.3 Å². The van der Waals surface area contributed by atoms with Crippen molar-refractivity contribution in [1.29, 1.82) is 0 Å². The lowest BCUT2D eigenvalue weighted by atomic mass is 10.0. The topological polar surface area (TPSA) is 90.7 Å². The van der Waals surface area contributed by atoms with E-state index in [-0.39, 0.29) is 12.3 Å². The van der Waals surface area contributed by atoms with Crippen LogP contribution in [0.2, 0.25) is 0 Å². The smallest absolute Gasteiger partial charge is 0.270 e. The van der Waals surface area contributed by atoms with E-state index in [2.05, 4.69) is 5.32 Å². The molecule has 3 aromatic rings. The SMILES string of the molecule is COc1ccc(-c2cc([N+](=O)[O-])ccc2OCC(=O)Nc2ccc(F)cc2)cc1. The Balaban J connectivity index is 1.79. The van der Waals surface area contributed by atoms with Crippen molar-refractivity contribution in [3.8, 4) is 22.6 Å². The molecule has 8 heteroatoms. The molecule has 3 rings (SSSR count).